The molecule has 7 heteroatoms. The van der Waals surface area contributed by atoms with Crippen LogP contribution in [0.25, 0.3) is 10.2 Å². The van der Waals surface area contributed by atoms with Crippen LogP contribution >= 0.6 is 11.3 Å². The molecule has 0 saturated carbocycles. The molecule has 1 fully saturated rings. The number of hydrogen-bond acceptors (Lipinski definition) is 6. The van der Waals surface area contributed by atoms with Crippen LogP contribution < -0.4 is 10.2 Å². The van der Waals surface area contributed by atoms with Crippen molar-refractivity contribution < 1.29 is 14.3 Å². The fraction of sp³-hybridized carbons (Fsp3) is 0.318. The molecule has 3 aromatic rings. The topological polar surface area (TPSA) is 71.5 Å². The molecule has 1 N–H and O–H groups in total. The van der Waals surface area contributed by atoms with E-state index in [9.17, 15) is 9.59 Å². The lowest BCUT2D eigenvalue weighted by Gasteiger charge is -2.31. The van der Waals surface area contributed by atoms with Gasteiger partial charge in [-0.15, -0.1) is 0 Å². The average molecular weight is 410 g/mol. The van der Waals surface area contributed by atoms with E-state index in [1.54, 1.807) is 35.6 Å². The number of esters is 1. The Kier molecular flexibility index (Phi) is 5.76. The molecule has 0 bridgehead atoms. The van der Waals surface area contributed by atoms with Crippen molar-refractivity contribution in [1.82, 2.24) is 10.3 Å². The Morgan fingerprint density at radius 2 is 1.79 bits per heavy atom. The predicted molar refractivity (Wildman–Crippen MR) is 115 cm³/mol. The van der Waals surface area contributed by atoms with E-state index >= 15 is 0 Å². The van der Waals surface area contributed by atoms with Crippen LogP contribution in [-0.2, 0) is 4.74 Å². The highest BCUT2D eigenvalue weighted by atomic mass is 32.1. The van der Waals surface area contributed by atoms with Crippen LogP contribution in [0.4, 0.5) is 5.13 Å². The number of piperidine rings is 1. The lowest BCUT2D eigenvalue weighted by Crippen LogP contribution is -2.38. The van der Waals surface area contributed by atoms with E-state index in [1.807, 2.05) is 12.1 Å². The van der Waals surface area contributed by atoms with Gasteiger partial charge in [-0.05, 0) is 55.2 Å². The second-order valence-corrected chi connectivity index (χ2v) is 8.18. The number of amides is 1. The number of rotatable bonds is 5. The quantitative estimate of drug-likeness (QED) is 0.650. The number of methoxy groups -OCH3 is 1. The molecule has 150 valence electrons. The third kappa shape index (κ3) is 4.40. The van der Waals surface area contributed by atoms with Gasteiger partial charge in [-0.2, -0.15) is 0 Å². The van der Waals surface area contributed by atoms with Gasteiger partial charge in [-0.25, -0.2) is 9.78 Å². The van der Waals surface area contributed by atoms with Gasteiger partial charge in [0.2, 0.25) is 0 Å². The number of ether oxygens (including phenoxy) is 1. The fourth-order valence-corrected chi connectivity index (χ4v) is 4.56. The number of anilines is 1. The highest BCUT2D eigenvalue weighted by Crippen LogP contribution is 2.31. The van der Waals surface area contributed by atoms with Crippen LogP contribution in [-0.4, -0.2) is 43.6 Å². The Labute approximate surface area is 173 Å². The summed E-state index contributed by atoms with van der Waals surface area (Å²) < 4.78 is 5.89. The molecule has 6 nitrogen and oxygen atoms in total. The van der Waals surface area contributed by atoms with Crippen molar-refractivity contribution in [3.05, 3.63) is 59.7 Å². The number of carbonyl (C=O) groups excluding carboxylic acids is 2. The number of para-hydroxylation sites is 1. The second-order valence-electron chi connectivity index (χ2n) is 7.17. The highest BCUT2D eigenvalue weighted by molar-refractivity contribution is 7.22. The molecule has 0 spiro atoms. The van der Waals surface area contributed by atoms with E-state index < -0.39 is 5.97 Å². The van der Waals surface area contributed by atoms with Gasteiger partial charge in [0, 0.05) is 25.2 Å². The Bertz CT molecular complexity index is 975. The summed E-state index contributed by atoms with van der Waals surface area (Å²) in [5.41, 5.74) is 2.04. The smallest absolute Gasteiger partial charge is 0.337 e. The maximum Gasteiger partial charge on any atom is 0.337 e. The molecule has 29 heavy (non-hydrogen) atoms. The molecule has 0 unspecified atom stereocenters. The number of aromatic nitrogens is 1. The minimum atomic E-state index is -0.406. The van der Waals surface area contributed by atoms with Crippen molar-refractivity contribution in [2.45, 2.75) is 12.8 Å². The molecule has 2 aromatic carbocycles. The number of nitrogens with one attached hydrogen (secondary N) is 1. The maximum atomic E-state index is 12.4. The highest BCUT2D eigenvalue weighted by Gasteiger charge is 2.22. The van der Waals surface area contributed by atoms with Gasteiger partial charge >= 0.3 is 5.97 Å². The van der Waals surface area contributed by atoms with Crippen molar-refractivity contribution in [3.63, 3.8) is 0 Å². The SMILES string of the molecule is COC(=O)c1ccc(C(=O)NCC2CCN(c3nc4ccccc4s3)CC2)cc1. The van der Waals surface area contributed by atoms with Crippen LogP contribution in [0.3, 0.4) is 0 Å². The van der Waals surface area contributed by atoms with Gasteiger partial charge in [-0.1, -0.05) is 23.5 Å². The van der Waals surface area contributed by atoms with Crippen molar-refractivity contribution in [1.29, 1.82) is 0 Å². The predicted octanol–water partition coefficient (Wildman–Crippen LogP) is 3.73. The third-order valence-corrected chi connectivity index (χ3v) is 6.38. The van der Waals surface area contributed by atoms with Gasteiger partial charge in [0.15, 0.2) is 5.13 Å². The van der Waals surface area contributed by atoms with Crippen LogP contribution in [0.15, 0.2) is 48.5 Å². The second kappa shape index (κ2) is 8.61. The van der Waals surface area contributed by atoms with Gasteiger partial charge in [0.05, 0.1) is 22.9 Å². The first kappa shape index (κ1) is 19.4. The maximum absolute atomic E-state index is 12.4. The zero-order valence-corrected chi connectivity index (χ0v) is 17.1. The summed E-state index contributed by atoms with van der Waals surface area (Å²) in [6.45, 7) is 2.56. The van der Waals surface area contributed by atoms with E-state index in [2.05, 4.69) is 27.1 Å². The molecule has 1 amide bonds. The lowest BCUT2D eigenvalue weighted by atomic mass is 9.97. The standard InChI is InChI=1S/C22H23N3O3S/c1-28-21(27)17-8-6-16(7-9-17)20(26)23-14-15-10-12-25(13-11-15)22-24-18-4-2-3-5-19(18)29-22/h2-9,15H,10-14H2,1H3,(H,23,26). The molecule has 4 rings (SSSR count). The van der Waals surface area contributed by atoms with Crippen LogP contribution in [0.5, 0.6) is 0 Å². The molecular weight excluding hydrogens is 386 g/mol. The normalized spacial score (nSPS) is 14.7. The summed E-state index contributed by atoms with van der Waals surface area (Å²) in [5, 5.41) is 4.10. The summed E-state index contributed by atoms with van der Waals surface area (Å²) in [6, 6.07) is 14.7. The molecular formula is C22H23N3O3S. The Balaban J connectivity index is 1.27. The van der Waals surface area contributed by atoms with Crippen molar-refractivity contribution in [2.75, 3.05) is 31.6 Å². The number of fused-ring (bicyclic) bond motifs is 1. The number of benzene rings is 2. The third-order valence-electron chi connectivity index (χ3n) is 5.29. The van der Waals surface area contributed by atoms with Crippen molar-refractivity contribution >= 4 is 38.6 Å². The molecule has 0 aliphatic carbocycles. The fourth-order valence-electron chi connectivity index (χ4n) is 3.54. The first-order valence-corrected chi connectivity index (χ1v) is 10.5. The van der Waals surface area contributed by atoms with Gasteiger partial charge in [0.25, 0.3) is 5.91 Å². The molecule has 0 atom stereocenters. The summed E-state index contributed by atoms with van der Waals surface area (Å²) in [6.07, 6.45) is 2.05. The van der Waals surface area contributed by atoms with Crippen LogP contribution in [0.1, 0.15) is 33.6 Å². The van der Waals surface area contributed by atoms with Gasteiger partial charge in [-0.3, -0.25) is 4.79 Å². The van der Waals surface area contributed by atoms with Crippen LogP contribution in [0, 0.1) is 5.92 Å². The Hall–Kier alpha value is -2.93. The van der Waals surface area contributed by atoms with E-state index in [4.69, 9.17) is 4.98 Å². The average Bonchev–Trinajstić information content (AvgIpc) is 3.21. The Morgan fingerprint density at radius 3 is 2.48 bits per heavy atom. The van der Waals surface area contributed by atoms with Gasteiger partial charge < -0.3 is 15.0 Å². The summed E-state index contributed by atoms with van der Waals surface area (Å²) in [4.78, 5) is 30.9. The minimum Gasteiger partial charge on any atom is -0.465 e. The van der Waals surface area contributed by atoms with E-state index in [0.717, 1.165) is 36.6 Å². The molecule has 1 aliphatic rings. The molecule has 1 saturated heterocycles. The summed E-state index contributed by atoms with van der Waals surface area (Å²) in [7, 11) is 1.34. The lowest BCUT2D eigenvalue weighted by molar-refractivity contribution is 0.0600. The number of carbonyl (C=O) groups is 2. The van der Waals surface area contributed by atoms with E-state index in [1.165, 1.54) is 11.8 Å². The molecule has 1 aromatic heterocycles. The number of hydrogen-bond donors (Lipinski definition) is 1. The van der Waals surface area contributed by atoms with E-state index in [-0.39, 0.29) is 5.91 Å². The zero-order valence-electron chi connectivity index (χ0n) is 16.3. The molecule has 0 radical (unpaired) electrons. The minimum absolute atomic E-state index is 0.116. The number of thiazole rings is 1. The zero-order chi connectivity index (χ0) is 20.2. The summed E-state index contributed by atoms with van der Waals surface area (Å²) >= 11 is 1.74. The van der Waals surface area contributed by atoms with E-state index in [0.29, 0.717) is 23.6 Å². The first-order chi connectivity index (χ1) is 14.1. The van der Waals surface area contributed by atoms with Crippen LogP contribution in [0.2, 0.25) is 0 Å². The van der Waals surface area contributed by atoms with Gasteiger partial charge in [0.1, 0.15) is 0 Å². The molecule has 1 aliphatic heterocycles. The largest absolute Gasteiger partial charge is 0.465 e. The van der Waals surface area contributed by atoms with Crippen molar-refractivity contribution in [2.24, 2.45) is 5.92 Å². The molecule has 2 heterocycles. The number of nitrogens with zero attached hydrogens (tertiary/aromatic N) is 2. The summed E-state index contributed by atoms with van der Waals surface area (Å²) in [5.74, 6) is -0.0641. The monoisotopic (exact) mass is 409 g/mol. The first-order valence-electron chi connectivity index (χ1n) is 9.71. The Morgan fingerprint density at radius 1 is 1.10 bits per heavy atom. The van der Waals surface area contributed by atoms with Crippen molar-refractivity contribution in [3.8, 4) is 0 Å².